The van der Waals surface area contributed by atoms with Gasteiger partial charge in [-0.3, -0.25) is 0 Å². The van der Waals surface area contributed by atoms with Crippen molar-refractivity contribution in [3.63, 3.8) is 0 Å². The minimum absolute atomic E-state index is 0.00367. The summed E-state index contributed by atoms with van der Waals surface area (Å²) in [6.45, 7) is 7.22. The molecular weight excluding hydrogens is 352 g/mol. The molecule has 3 heteroatoms. The van der Waals surface area contributed by atoms with E-state index in [1.807, 2.05) is 0 Å². The van der Waals surface area contributed by atoms with Crippen LogP contribution in [0.2, 0.25) is 5.04 Å². The Morgan fingerprint density at radius 1 is 0.909 bits per heavy atom. The van der Waals surface area contributed by atoms with Crippen LogP contribution >= 0.6 is 15.9 Å². The van der Waals surface area contributed by atoms with E-state index in [9.17, 15) is 0 Å². The molecule has 0 aliphatic heterocycles. The van der Waals surface area contributed by atoms with Gasteiger partial charge in [0, 0.05) is 15.9 Å². The van der Waals surface area contributed by atoms with Gasteiger partial charge < -0.3 is 4.43 Å². The fraction of sp³-hybridized carbons (Fsp3) is 0.263. The smallest absolute Gasteiger partial charge is 0.262 e. The van der Waals surface area contributed by atoms with Crippen LogP contribution < -0.4 is 10.4 Å². The van der Waals surface area contributed by atoms with Gasteiger partial charge in [0.1, 0.15) is 0 Å². The molecule has 0 heterocycles. The van der Waals surface area contributed by atoms with E-state index in [4.69, 9.17) is 4.43 Å². The predicted octanol–water partition coefficient (Wildman–Crippen LogP) is 3.92. The maximum Gasteiger partial charge on any atom is 0.262 e. The number of rotatable bonds is 4. The van der Waals surface area contributed by atoms with Crippen LogP contribution in [0.3, 0.4) is 0 Å². The van der Waals surface area contributed by atoms with Crippen molar-refractivity contribution in [1.29, 1.82) is 0 Å². The third kappa shape index (κ3) is 3.35. The molecule has 2 aromatic rings. The minimum Gasteiger partial charge on any atom is -0.396 e. The van der Waals surface area contributed by atoms with Crippen LogP contribution in [-0.2, 0) is 4.43 Å². The highest BCUT2D eigenvalue weighted by Gasteiger charge is 2.49. The van der Waals surface area contributed by atoms with Gasteiger partial charge in [0.2, 0.25) is 0 Å². The van der Waals surface area contributed by atoms with Crippen LogP contribution in [0.25, 0.3) is 0 Å². The lowest BCUT2D eigenvalue weighted by atomic mass is 10.2. The van der Waals surface area contributed by atoms with Crippen LogP contribution in [0.1, 0.15) is 20.8 Å². The van der Waals surface area contributed by atoms with E-state index >= 15 is 0 Å². The molecule has 0 saturated carbocycles. The van der Waals surface area contributed by atoms with E-state index in [2.05, 4.69) is 108 Å². The summed E-state index contributed by atoms with van der Waals surface area (Å²) in [5, 5.41) is 2.57. The lowest BCUT2D eigenvalue weighted by Gasteiger charge is -2.42. The molecule has 0 radical (unpaired) electrons. The molecule has 2 aromatic carbocycles. The summed E-state index contributed by atoms with van der Waals surface area (Å²) in [5.74, 6) is 2.99. The van der Waals surface area contributed by atoms with Crippen LogP contribution in [0.4, 0.5) is 0 Å². The lowest BCUT2D eigenvalue weighted by Crippen LogP contribution is -2.66. The topological polar surface area (TPSA) is 9.23 Å². The van der Waals surface area contributed by atoms with Crippen molar-refractivity contribution in [2.24, 2.45) is 0 Å². The zero-order valence-corrected chi connectivity index (χ0v) is 15.9. The number of halogens is 1. The van der Waals surface area contributed by atoms with Crippen LogP contribution in [0.5, 0.6) is 0 Å². The van der Waals surface area contributed by atoms with Crippen molar-refractivity contribution < 1.29 is 4.43 Å². The molecular formula is C19H21BrOSi. The Hall–Kier alpha value is -1.34. The third-order valence-electron chi connectivity index (χ3n) is 3.84. The monoisotopic (exact) mass is 372 g/mol. The Kier molecular flexibility index (Phi) is 5.63. The van der Waals surface area contributed by atoms with E-state index < -0.39 is 8.32 Å². The van der Waals surface area contributed by atoms with E-state index in [-0.39, 0.29) is 5.04 Å². The molecule has 114 valence electrons. The Balaban J connectivity index is 2.66. The molecule has 0 aliphatic carbocycles. The summed E-state index contributed by atoms with van der Waals surface area (Å²) >= 11 is 3.15. The predicted molar refractivity (Wildman–Crippen MR) is 100 cm³/mol. The second kappa shape index (κ2) is 7.28. The molecule has 2 rings (SSSR count). The highest BCUT2D eigenvalue weighted by atomic mass is 79.9. The summed E-state index contributed by atoms with van der Waals surface area (Å²) in [6.07, 6.45) is 0. The second-order valence-corrected chi connectivity index (χ2v) is 10.9. The SMILES string of the molecule is CC(C)(C)[Si](OCC#CBr)(c1ccccc1)c1ccccc1. The molecule has 0 aromatic heterocycles. The fourth-order valence-corrected chi connectivity index (χ4v) is 7.49. The Bertz CT molecular complexity index is 611. The fourth-order valence-electron chi connectivity index (χ4n) is 2.93. The Morgan fingerprint density at radius 3 is 1.73 bits per heavy atom. The van der Waals surface area contributed by atoms with Crippen LogP contribution in [0.15, 0.2) is 60.7 Å². The molecule has 1 nitrogen and oxygen atoms in total. The molecule has 0 unspecified atom stereocenters. The first-order valence-electron chi connectivity index (χ1n) is 7.36. The van der Waals surface area contributed by atoms with E-state index in [0.717, 1.165) is 0 Å². The number of hydrogen-bond acceptors (Lipinski definition) is 1. The molecule has 0 fully saturated rings. The van der Waals surface area contributed by atoms with Gasteiger partial charge >= 0.3 is 0 Å². The third-order valence-corrected chi connectivity index (χ3v) is 9.11. The summed E-state index contributed by atoms with van der Waals surface area (Å²) in [6, 6.07) is 21.2. The molecule has 0 N–H and O–H groups in total. The number of hydrogen-bond donors (Lipinski definition) is 0. The van der Waals surface area contributed by atoms with Gasteiger partial charge in [0.05, 0.1) is 6.61 Å². The molecule has 0 aliphatic rings. The molecule has 0 saturated heterocycles. The summed E-state index contributed by atoms with van der Waals surface area (Å²) in [4.78, 5) is 2.75. The zero-order valence-electron chi connectivity index (χ0n) is 13.3. The summed E-state index contributed by atoms with van der Waals surface area (Å²) in [7, 11) is -2.41. The highest BCUT2D eigenvalue weighted by molar-refractivity contribution is 9.12. The van der Waals surface area contributed by atoms with Crippen molar-refractivity contribution >= 4 is 34.6 Å². The lowest BCUT2D eigenvalue weighted by molar-refractivity contribution is 0.346. The molecule has 0 spiro atoms. The van der Waals surface area contributed by atoms with E-state index in [0.29, 0.717) is 6.61 Å². The Morgan fingerprint density at radius 2 is 1.36 bits per heavy atom. The first-order chi connectivity index (χ1) is 10.5. The van der Waals surface area contributed by atoms with Crippen molar-refractivity contribution in [2.75, 3.05) is 6.61 Å². The van der Waals surface area contributed by atoms with Gasteiger partial charge in [-0.2, -0.15) is 0 Å². The Labute approximate surface area is 143 Å². The van der Waals surface area contributed by atoms with Crippen molar-refractivity contribution in [1.82, 2.24) is 0 Å². The molecule has 0 amide bonds. The maximum atomic E-state index is 6.54. The normalized spacial score (nSPS) is 11.6. The quantitative estimate of drug-likeness (QED) is 0.583. The zero-order chi connectivity index (χ0) is 16.1. The van der Waals surface area contributed by atoms with Crippen molar-refractivity contribution in [2.45, 2.75) is 25.8 Å². The largest absolute Gasteiger partial charge is 0.396 e. The highest BCUT2D eigenvalue weighted by Crippen LogP contribution is 2.36. The standard InChI is InChI=1S/C19H21BrOSi/c1-19(2,3)22(21-16-10-15-20,17-11-6-4-7-12-17)18-13-8-5-9-14-18/h4-9,11-14H,16H2,1-3H3. The average Bonchev–Trinajstić information content (AvgIpc) is 2.52. The average molecular weight is 373 g/mol. The first kappa shape index (κ1) is 17.0. The van der Waals surface area contributed by atoms with Gasteiger partial charge in [0.15, 0.2) is 0 Å². The summed E-state index contributed by atoms with van der Waals surface area (Å²) in [5.41, 5.74) is 0. The molecule has 0 bridgehead atoms. The van der Waals surface area contributed by atoms with Crippen LogP contribution in [-0.4, -0.2) is 14.9 Å². The van der Waals surface area contributed by atoms with E-state index in [1.165, 1.54) is 10.4 Å². The van der Waals surface area contributed by atoms with Gasteiger partial charge in [-0.05, 0) is 20.2 Å². The first-order valence-corrected chi connectivity index (χ1v) is 10.1. The second-order valence-electron chi connectivity index (χ2n) is 6.22. The van der Waals surface area contributed by atoms with Crippen molar-refractivity contribution in [3.05, 3.63) is 60.7 Å². The molecule has 0 atom stereocenters. The van der Waals surface area contributed by atoms with Gasteiger partial charge in [-0.1, -0.05) is 87.4 Å². The number of benzene rings is 2. The minimum atomic E-state index is -2.41. The van der Waals surface area contributed by atoms with Crippen LogP contribution in [0, 0.1) is 10.8 Å². The van der Waals surface area contributed by atoms with Gasteiger partial charge in [-0.15, -0.1) is 0 Å². The van der Waals surface area contributed by atoms with Gasteiger partial charge in [0.25, 0.3) is 8.32 Å². The van der Waals surface area contributed by atoms with Gasteiger partial charge in [-0.25, -0.2) is 0 Å². The van der Waals surface area contributed by atoms with E-state index in [1.54, 1.807) is 0 Å². The summed E-state index contributed by atoms with van der Waals surface area (Å²) < 4.78 is 6.54. The molecule has 22 heavy (non-hydrogen) atoms. The maximum absolute atomic E-state index is 6.54. The van der Waals surface area contributed by atoms with Crippen molar-refractivity contribution in [3.8, 4) is 10.8 Å².